The quantitative estimate of drug-likeness (QED) is 0.838. The molecular formula is C21H24N4O2. The summed E-state index contributed by atoms with van der Waals surface area (Å²) in [6.45, 7) is 3.06. The molecule has 4 heterocycles. The molecule has 1 spiro atoms. The molecular weight excluding hydrogens is 340 g/mol. The monoisotopic (exact) mass is 364 g/mol. The van der Waals surface area contributed by atoms with E-state index in [4.69, 9.17) is 4.74 Å². The van der Waals surface area contributed by atoms with Crippen LogP contribution in [0.25, 0.3) is 0 Å². The molecule has 2 fully saturated rings. The van der Waals surface area contributed by atoms with Crippen LogP contribution in [0.15, 0.2) is 42.7 Å². The first-order valence-corrected chi connectivity index (χ1v) is 9.83. The van der Waals surface area contributed by atoms with Crippen molar-refractivity contribution in [3.8, 4) is 0 Å². The van der Waals surface area contributed by atoms with Crippen LogP contribution < -0.4 is 9.80 Å². The summed E-state index contributed by atoms with van der Waals surface area (Å²) in [5, 5.41) is 0. The third-order valence-corrected chi connectivity index (χ3v) is 6.23. The molecule has 1 amide bonds. The summed E-state index contributed by atoms with van der Waals surface area (Å²) >= 11 is 0. The zero-order valence-corrected chi connectivity index (χ0v) is 15.4. The number of para-hydroxylation sites is 1. The highest BCUT2D eigenvalue weighted by Crippen LogP contribution is 2.48. The lowest BCUT2D eigenvalue weighted by Gasteiger charge is -2.38. The number of hydrogen-bond acceptors (Lipinski definition) is 5. The number of piperidine rings is 1. The van der Waals surface area contributed by atoms with E-state index in [0.717, 1.165) is 57.0 Å². The van der Waals surface area contributed by atoms with Crippen molar-refractivity contribution in [1.29, 1.82) is 0 Å². The molecule has 2 aromatic rings. The lowest BCUT2D eigenvalue weighted by atomic mass is 9.73. The lowest BCUT2D eigenvalue weighted by molar-refractivity contribution is -0.124. The molecule has 2 saturated heterocycles. The Balaban J connectivity index is 1.42. The molecule has 0 saturated carbocycles. The molecule has 0 unspecified atom stereocenters. The lowest BCUT2D eigenvalue weighted by Crippen LogP contribution is -2.50. The summed E-state index contributed by atoms with van der Waals surface area (Å²) in [4.78, 5) is 26.5. The van der Waals surface area contributed by atoms with Crippen LogP contribution >= 0.6 is 0 Å². The van der Waals surface area contributed by atoms with Gasteiger partial charge in [0.2, 0.25) is 11.9 Å². The van der Waals surface area contributed by atoms with E-state index < -0.39 is 5.41 Å². The normalized spacial score (nSPS) is 23.9. The zero-order chi connectivity index (χ0) is 18.3. The van der Waals surface area contributed by atoms with E-state index in [1.165, 1.54) is 5.56 Å². The van der Waals surface area contributed by atoms with Gasteiger partial charge in [0, 0.05) is 37.8 Å². The van der Waals surface area contributed by atoms with E-state index >= 15 is 0 Å². The molecule has 27 heavy (non-hydrogen) atoms. The predicted octanol–water partition coefficient (Wildman–Crippen LogP) is 2.54. The third kappa shape index (κ3) is 2.70. The van der Waals surface area contributed by atoms with Crippen LogP contribution in [-0.2, 0) is 14.9 Å². The number of nitrogens with zero attached hydrogens (tertiary/aromatic N) is 4. The molecule has 0 bridgehead atoms. The minimum Gasteiger partial charge on any atom is -0.376 e. The molecule has 6 heteroatoms. The van der Waals surface area contributed by atoms with Gasteiger partial charge in [0.25, 0.3) is 0 Å². The van der Waals surface area contributed by atoms with E-state index in [1.54, 1.807) is 12.4 Å². The Bertz CT molecular complexity index is 827. The molecule has 6 nitrogen and oxygen atoms in total. The number of fused-ring (bicyclic) bond motifs is 2. The molecule has 0 aliphatic carbocycles. The molecule has 3 aliphatic heterocycles. The van der Waals surface area contributed by atoms with Gasteiger partial charge in [-0.1, -0.05) is 18.2 Å². The molecule has 1 aromatic heterocycles. The summed E-state index contributed by atoms with van der Waals surface area (Å²) < 4.78 is 5.81. The second kappa shape index (κ2) is 6.60. The first-order valence-electron chi connectivity index (χ1n) is 9.83. The Morgan fingerprint density at radius 1 is 1.11 bits per heavy atom. The Morgan fingerprint density at radius 3 is 2.63 bits per heavy atom. The molecule has 5 rings (SSSR count). The van der Waals surface area contributed by atoms with E-state index in [-0.39, 0.29) is 12.0 Å². The van der Waals surface area contributed by atoms with Crippen molar-refractivity contribution in [2.24, 2.45) is 0 Å². The molecule has 0 radical (unpaired) electrons. The topological polar surface area (TPSA) is 58.6 Å². The summed E-state index contributed by atoms with van der Waals surface area (Å²) in [7, 11) is 0. The highest BCUT2D eigenvalue weighted by molar-refractivity contribution is 6.08. The molecule has 1 atom stereocenters. The molecule has 140 valence electrons. The maximum absolute atomic E-state index is 13.6. The number of rotatable bonds is 3. The first-order chi connectivity index (χ1) is 13.3. The van der Waals surface area contributed by atoms with Gasteiger partial charge in [-0.25, -0.2) is 9.97 Å². The van der Waals surface area contributed by atoms with Crippen molar-refractivity contribution < 1.29 is 9.53 Å². The van der Waals surface area contributed by atoms with E-state index in [0.29, 0.717) is 6.54 Å². The summed E-state index contributed by atoms with van der Waals surface area (Å²) in [6, 6.07) is 10.1. The summed E-state index contributed by atoms with van der Waals surface area (Å²) in [5.74, 6) is 0.995. The average Bonchev–Trinajstić information content (AvgIpc) is 3.32. The summed E-state index contributed by atoms with van der Waals surface area (Å²) in [6.07, 6.45) is 7.42. The van der Waals surface area contributed by atoms with E-state index in [2.05, 4.69) is 33.1 Å². The predicted molar refractivity (Wildman–Crippen MR) is 103 cm³/mol. The zero-order valence-electron chi connectivity index (χ0n) is 15.4. The van der Waals surface area contributed by atoms with Gasteiger partial charge in [-0.05, 0) is 43.4 Å². The van der Waals surface area contributed by atoms with Crippen LogP contribution in [0.4, 0.5) is 11.6 Å². The Labute approximate surface area is 159 Å². The number of carbonyl (C=O) groups excluding carboxylic acids is 1. The van der Waals surface area contributed by atoms with Gasteiger partial charge in [-0.2, -0.15) is 0 Å². The highest BCUT2D eigenvalue weighted by atomic mass is 16.5. The van der Waals surface area contributed by atoms with Crippen LogP contribution in [0.2, 0.25) is 0 Å². The highest BCUT2D eigenvalue weighted by Gasteiger charge is 2.52. The van der Waals surface area contributed by atoms with Gasteiger partial charge in [0.05, 0.1) is 18.1 Å². The van der Waals surface area contributed by atoms with Gasteiger partial charge >= 0.3 is 0 Å². The largest absolute Gasteiger partial charge is 0.376 e. The summed E-state index contributed by atoms with van der Waals surface area (Å²) in [5.41, 5.74) is 1.84. The average molecular weight is 364 g/mol. The number of carbonyl (C=O) groups is 1. The Hall–Kier alpha value is -2.47. The van der Waals surface area contributed by atoms with Gasteiger partial charge in [-0.15, -0.1) is 0 Å². The second-order valence-electron chi connectivity index (χ2n) is 7.69. The van der Waals surface area contributed by atoms with Gasteiger partial charge in [0.15, 0.2) is 0 Å². The van der Waals surface area contributed by atoms with Gasteiger partial charge < -0.3 is 14.5 Å². The minimum absolute atomic E-state index is 0.162. The van der Waals surface area contributed by atoms with Crippen molar-refractivity contribution in [3.63, 3.8) is 0 Å². The third-order valence-electron chi connectivity index (χ3n) is 6.23. The number of aromatic nitrogens is 2. The van der Waals surface area contributed by atoms with Crippen LogP contribution in [0, 0.1) is 0 Å². The van der Waals surface area contributed by atoms with Crippen molar-refractivity contribution >= 4 is 17.5 Å². The molecule has 0 N–H and O–H groups in total. The SMILES string of the molecule is O=C1N(C[C@H]2CCCO2)c2ccccc2C12CCN(c1ncccn1)CC2. The number of benzene rings is 1. The van der Waals surface area contributed by atoms with Crippen molar-refractivity contribution in [2.75, 3.05) is 36.0 Å². The number of hydrogen-bond donors (Lipinski definition) is 0. The van der Waals surface area contributed by atoms with Crippen molar-refractivity contribution in [2.45, 2.75) is 37.2 Å². The van der Waals surface area contributed by atoms with Gasteiger partial charge in [0.1, 0.15) is 0 Å². The molecule has 3 aliphatic rings. The number of anilines is 2. The maximum atomic E-state index is 13.6. The Morgan fingerprint density at radius 2 is 1.89 bits per heavy atom. The molecule has 1 aromatic carbocycles. The fourth-order valence-corrected chi connectivity index (χ4v) is 4.80. The van der Waals surface area contributed by atoms with Gasteiger partial charge in [-0.3, -0.25) is 4.79 Å². The fraction of sp³-hybridized carbons (Fsp3) is 0.476. The smallest absolute Gasteiger partial charge is 0.237 e. The van der Waals surface area contributed by atoms with Crippen LogP contribution in [0.5, 0.6) is 0 Å². The van der Waals surface area contributed by atoms with Crippen LogP contribution in [0.3, 0.4) is 0 Å². The van der Waals surface area contributed by atoms with E-state index in [1.807, 2.05) is 17.0 Å². The first kappa shape index (κ1) is 16.7. The minimum atomic E-state index is -0.416. The maximum Gasteiger partial charge on any atom is 0.237 e. The standard InChI is InChI=1S/C21H24N4O2/c26-19-21(8-12-24(13-9-21)20-22-10-4-11-23-20)17-6-1-2-7-18(17)25(19)15-16-5-3-14-27-16/h1-2,4,6-7,10-11,16H,3,5,8-9,12-15H2/t16-/m1/s1. The number of ether oxygens (including phenoxy) is 1. The number of amides is 1. The van der Waals surface area contributed by atoms with Crippen LogP contribution in [-0.4, -0.2) is 48.2 Å². The fourth-order valence-electron chi connectivity index (χ4n) is 4.80. The van der Waals surface area contributed by atoms with Crippen molar-refractivity contribution in [1.82, 2.24) is 9.97 Å². The second-order valence-corrected chi connectivity index (χ2v) is 7.69. The van der Waals surface area contributed by atoms with E-state index in [9.17, 15) is 4.79 Å². The Kier molecular flexibility index (Phi) is 4.08. The van der Waals surface area contributed by atoms with Crippen molar-refractivity contribution in [3.05, 3.63) is 48.3 Å². The van der Waals surface area contributed by atoms with Crippen LogP contribution in [0.1, 0.15) is 31.2 Å².